The summed E-state index contributed by atoms with van der Waals surface area (Å²) in [5, 5.41) is 2.67. The van der Waals surface area contributed by atoms with E-state index in [4.69, 9.17) is 9.47 Å². The van der Waals surface area contributed by atoms with E-state index in [0.717, 1.165) is 61.3 Å². The Balaban J connectivity index is 1.31. The number of alkyl carbamates (subject to hydrolysis) is 1. The van der Waals surface area contributed by atoms with Crippen LogP contribution in [0.25, 0.3) is 0 Å². The average molecular weight is 526 g/mol. The molecule has 3 aliphatic heterocycles. The van der Waals surface area contributed by atoms with Gasteiger partial charge in [0.05, 0.1) is 26.2 Å². The molecule has 1 atom stereocenters. The van der Waals surface area contributed by atoms with E-state index in [0.29, 0.717) is 24.3 Å². The zero-order chi connectivity index (χ0) is 26.6. The van der Waals surface area contributed by atoms with Crippen LogP contribution in [0.15, 0.2) is 72.8 Å². The summed E-state index contributed by atoms with van der Waals surface area (Å²) in [5.74, 6) is -1.42. The largest absolute Gasteiger partial charge is 0.493 e. The van der Waals surface area contributed by atoms with Crippen LogP contribution in [0.4, 0.5) is 18.0 Å². The van der Waals surface area contributed by atoms with Gasteiger partial charge in [-0.2, -0.15) is 0 Å². The van der Waals surface area contributed by atoms with E-state index in [2.05, 4.69) is 5.32 Å². The molecule has 0 unspecified atom stereocenters. The molecule has 0 radical (unpaired) electrons. The molecule has 3 aromatic carbocycles. The number of nitrogens with one attached hydrogen (secondary N) is 1. The molecule has 3 heterocycles. The molecule has 5 nitrogen and oxygen atoms in total. The minimum atomic E-state index is -0.989. The molecule has 6 rings (SSSR count). The van der Waals surface area contributed by atoms with Crippen molar-refractivity contribution in [1.82, 2.24) is 5.32 Å². The molecule has 3 fully saturated rings. The van der Waals surface area contributed by atoms with Crippen LogP contribution >= 0.6 is 0 Å². The SMILES string of the molecule is O=C(NCc1ccc(F)c(F)c1)O[C@]1(c2cccc(F)c2)C[N+]2(CCCOc3ccccc3)CCC1CC2. The molecular formula is C30H32F3N2O3+. The summed E-state index contributed by atoms with van der Waals surface area (Å²) in [6, 6.07) is 19.5. The predicted molar refractivity (Wildman–Crippen MR) is 137 cm³/mol. The van der Waals surface area contributed by atoms with E-state index in [1.807, 2.05) is 36.4 Å². The molecule has 2 bridgehead atoms. The van der Waals surface area contributed by atoms with E-state index in [-0.39, 0.29) is 18.3 Å². The molecule has 38 heavy (non-hydrogen) atoms. The van der Waals surface area contributed by atoms with Crippen LogP contribution in [0, 0.1) is 23.4 Å². The molecular weight excluding hydrogens is 493 g/mol. The van der Waals surface area contributed by atoms with Gasteiger partial charge in [-0.25, -0.2) is 18.0 Å². The van der Waals surface area contributed by atoms with E-state index in [1.54, 1.807) is 6.07 Å². The molecule has 0 aliphatic carbocycles. The van der Waals surface area contributed by atoms with Crippen molar-refractivity contribution in [2.24, 2.45) is 5.92 Å². The van der Waals surface area contributed by atoms with E-state index in [9.17, 15) is 18.0 Å². The maximum Gasteiger partial charge on any atom is 0.408 e. The third kappa shape index (κ3) is 5.65. The lowest BCUT2D eigenvalue weighted by Crippen LogP contribution is -2.69. The Morgan fingerprint density at radius 3 is 2.47 bits per heavy atom. The third-order valence-corrected chi connectivity index (χ3v) is 7.93. The number of hydrogen-bond acceptors (Lipinski definition) is 3. The number of nitrogens with zero attached hydrogens (tertiary/aromatic N) is 1. The number of carbonyl (C=O) groups is 1. The summed E-state index contributed by atoms with van der Waals surface area (Å²) < 4.78 is 54.1. The minimum Gasteiger partial charge on any atom is -0.493 e. The second-order valence-electron chi connectivity index (χ2n) is 10.4. The van der Waals surface area contributed by atoms with Gasteiger partial charge in [-0.15, -0.1) is 0 Å². The summed E-state index contributed by atoms with van der Waals surface area (Å²) in [4.78, 5) is 13.1. The van der Waals surface area contributed by atoms with Gasteiger partial charge < -0.3 is 19.3 Å². The first kappa shape index (κ1) is 26.1. The van der Waals surface area contributed by atoms with Crippen molar-refractivity contribution in [3.8, 4) is 5.75 Å². The monoisotopic (exact) mass is 525 g/mol. The van der Waals surface area contributed by atoms with E-state index in [1.165, 1.54) is 18.2 Å². The number of fused-ring (bicyclic) bond motifs is 3. The van der Waals surface area contributed by atoms with E-state index < -0.39 is 23.3 Å². The van der Waals surface area contributed by atoms with Crippen LogP contribution in [0.5, 0.6) is 5.75 Å². The van der Waals surface area contributed by atoms with Gasteiger partial charge in [-0.3, -0.25) is 0 Å². The van der Waals surface area contributed by atoms with Gasteiger partial charge in [-0.05, 0) is 42.0 Å². The van der Waals surface area contributed by atoms with Gasteiger partial charge in [0, 0.05) is 37.3 Å². The first-order valence-corrected chi connectivity index (χ1v) is 13.1. The van der Waals surface area contributed by atoms with Crippen LogP contribution in [-0.2, 0) is 16.9 Å². The fourth-order valence-corrected chi connectivity index (χ4v) is 6.06. The molecule has 0 saturated carbocycles. The Kier molecular flexibility index (Phi) is 7.61. The second kappa shape index (κ2) is 11.1. The topological polar surface area (TPSA) is 47.6 Å². The summed E-state index contributed by atoms with van der Waals surface area (Å²) in [7, 11) is 0. The Bertz CT molecular complexity index is 1260. The lowest BCUT2D eigenvalue weighted by molar-refractivity contribution is -0.952. The lowest BCUT2D eigenvalue weighted by Gasteiger charge is -2.57. The van der Waals surface area contributed by atoms with Crippen molar-refractivity contribution in [3.63, 3.8) is 0 Å². The zero-order valence-electron chi connectivity index (χ0n) is 21.2. The molecule has 200 valence electrons. The third-order valence-electron chi connectivity index (χ3n) is 7.93. The Hall–Kier alpha value is -3.52. The average Bonchev–Trinajstić information content (AvgIpc) is 2.93. The highest BCUT2D eigenvalue weighted by Gasteiger charge is 2.58. The quantitative estimate of drug-likeness (QED) is 0.278. The summed E-state index contributed by atoms with van der Waals surface area (Å²) in [6.45, 7) is 3.90. The number of halogens is 3. The summed E-state index contributed by atoms with van der Waals surface area (Å²) in [5.41, 5.74) is 0.0706. The highest BCUT2D eigenvalue weighted by molar-refractivity contribution is 5.68. The van der Waals surface area contributed by atoms with Gasteiger partial charge in [0.1, 0.15) is 18.1 Å². The number of ether oxygens (including phenoxy) is 2. The van der Waals surface area contributed by atoms with Gasteiger partial charge >= 0.3 is 6.09 Å². The number of hydrogen-bond donors (Lipinski definition) is 1. The number of quaternary nitrogens is 1. The Labute approximate surface area is 220 Å². The number of rotatable bonds is 9. The minimum absolute atomic E-state index is 0.0171. The van der Waals surface area contributed by atoms with Gasteiger partial charge in [0.2, 0.25) is 0 Å². The molecule has 0 spiro atoms. The Morgan fingerprint density at radius 2 is 1.74 bits per heavy atom. The normalized spacial score (nSPS) is 24.1. The van der Waals surface area contributed by atoms with Crippen molar-refractivity contribution in [1.29, 1.82) is 0 Å². The zero-order valence-corrected chi connectivity index (χ0v) is 21.2. The molecule has 3 aliphatic rings. The summed E-state index contributed by atoms with van der Waals surface area (Å²) >= 11 is 0. The fraction of sp³-hybridized carbons (Fsp3) is 0.367. The fourth-order valence-electron chi connectivity index (χ4n) is 6.06. The molecule has 1 N–H and O–H groups in total. The van der Waals surface area contributed by atoms with Crippen LogP contribution in [0.2, 0.25) is 0 Å². The lowest BCUT2D eigenvalue weighted by atomic mass is 9.69. The van der Waals surface area contributed by atoms with Crippen molar-refractivity contribution in [2.75, 3.05) is 32.8 Å². The number of piperidine rings is 3. The Morgan fingerprint density at radius 1 is 0.947 bits per heavy atom. The molecule has 3 saturated heterocycles. The van der Waals surface area contributed by atoms with Crippen LogP contribution in [0.3, 0.4) is 0 Å². The standard InChI is InChI=1S/C30H31F3N2O3/c31-25-7-4-6-24(19-25)30(38-29(36)34-20-22-10-11-27(32)28(33)18-22)21-35(15-12-23(30)13-16-35)14-5-17-37-26-8-2-1-3-9-26/h1-4,6-11,18-19,23H,5,12-17,20-21H2/p+1/t23?,30-,35?/m1/s1. The first-order chi connectivity index (χ1) is 18.4. The van der Waals surface area contributed by atoms with Crippen molar-refractivity contribution < 1.29 is 31.9 Å². The van der Waals surface area contributed by atoms with Crippen LogP contribution < -0.4 is 10.1 Å². The molecule has 1 amide bonds. The number of benzene rings is 3. The van der Waals surface area contributed by atoms with Gasteiger partial charge in [-0.1, -0.05) is 36.4 Å². The van der Waals surface area contributed by atoms with Crippen molar-refractivity contribution >= 4 is 6.09 Å². The number of carbonyl (C=O) groups excluding carboxylic acids is 1. The van der Waals surface area contributed by atoms with Crippen molar-refractivity contribution in [2.45, 2.75) is 31.4 Å². The smallest absolute Gasteiger partial charge is 0.408 e. The highest BCUT2D eigenvalue weighted by Crippen LogP contribution is 2.49. The predicted octanol–water partition coefficient (Wildman–Crippen LogP) is 5.94. The summed E-state index contributed by atoms with van der Waals surface area (Å²) in [6.07, 6.45) is 1.87. The highest BCUT2D eigenvalue weighted by atomic mass is 19.2. The molecule has 8 heteroatoms. The second-order valence-corrected chi connectivity index (χ2v) is 10.4. The van der Waals surface area contributed by atoms with Crippen molar-refractivity contribution in [3.05, 3.63) is 101 Å². The first-order valence-electron chi connectivity index (χ1n) is 13.1. The molecule has 0 aromatic heterocycles. The number of para-hydroxylation sites is 1. The maximum absolute atomic E-state index is 14.4. The molecule has 3 aromatic rings. The number of amides is 1. The van der Waals surface area contributed by atoms with Gasteiger partial charge in [0.15, 0.2) is 17.2 Å². The van der Waals surface area contributed by atoms with E-state index >= 15 is 0 Å². The maximum atomic E-state index is 14.4. The van der Waals surface area contributed by atoms with Gasteiger partial charge in [0.25, 0.3) is 0 Å². The van der Waals surface area contributed by atoms with Crippen LogP contribution in [-0.4, -0.2) is 43.4 Å². The van der Waals surface area contributed by atoms with Crippen LogP contribution in [0.1, 0.15) is 30.4 Å².